The molecule has 1 unspecified atom stereocenters. The lowest BCUT2D eigenvalue weighted by Crippen LogP contribution is -2.37. The van der Waals surface area contributed by atoms with Crippen LogP contribution >= 0.6 is 11.6 Å². The maximum Gasteiger partial charge on any atom is 0.261 e. The third-order valence-electron chi connectivity index (χ3n) is 4.45. The summed E-state index contributed by atoms with van der Waals surface area (Å²) in [5.74, 6) is 0.703. The van der Waals surface area contributed by atoms with Gasteiger partial charge in [-0.3, -0.25) is 14.2 Å². The first-order chi connectivity index (χ1) is 11.9. The minimum atomic E-state index is -0.261. The van der Waals surface area contributed by atoms with Crippen molar-refractivity contribution in [2.24, 2.45) is 7.05 Å². The van der Waals surface area contributed by atoms with Crippen LogP contribution in [0, 0.1) is 0 Å². The van der Waals surface area contributed by atoms with Crippen LogP contribution in [0.25, 0.3) is 10.9 Å². The van der Waals surface area contributed by atoms with Crippen LogP contribution in [0.3, 0.4) is 0 Å². The van der Waals surface area contributed by atoms with E-state index in [1.807, 2.05) is 18.7 Å². The molecule has 0 radical (unpaired) electrons. The van der Waals surface area contributed by atoms with Crippen LogP contribution in [-0.4, -0.2) is 26.9 Å². The lowest BCUT2D eigenvalue weighted by atomic mass is 10.1. The summed E-state index contributed by atoms with van der Waals surface area (Å²) >= 11 is 6.00. The van der Waals surface area contributed by atoms with Gasteiger partial charge in [0.2, 0.25) is 5.91 Å². The van der Waals surface area contributed by atoms with Crippen molar-refractivity contribution in [2.45, 2.75) is 52.5 Å². The van der Waals surface area contributed by atoms with Crippen LogP contribution < -0.4 is 5.56 Å². The van der Waals surface area contributed by atoms with E-state index in [9.17, 15) is 9.59 Å². The fourth-order valence-electron chi connectivity index (χ4n) is 2.99. The Hall–Kier alpha value is -1.88. The van der Waals surface area contributed by atoms with E-state index in [2.05, 4.69) is 11.9 Å². The molecule has 1 amide bonds. The van der Waals surface area contributed by atoms with Crippen molar-refractivity contribution in [1.29, 1.82) is 0 Å². The number of nitrogens with zero attached hydrogens (tertiary/aromatic N) is 3. The highest BCUT2D eigenvalue weighted by Gasteiger charge is 2.24. The second-order valence-electron chi connectivity index (χ2n) is 6.36. The fraction of sp³-hybridized carbons (Fsp3) is 0.526. The molecule has 6 heteroatoms. The molecule has 0 aliphatic rings. The Labute approximate surface area is 153 Å². The average Bonchev–Trinajstić information content (AvgIpc) is 2.59. The molecular weight excluding hydrogens is 338 g/mol. The molecule has 5 nitrogen and oxygen atoms in total. The summed E-state index contributed by atoms with van der Waals surface area (Å²) in [6.45, 7) is 6.70. The third kappa shape index (κ3) is 4.21. The van der Waals surface area contributed by atoms with Gasteiger partial charge in [-0.2, -0.15) is 0 Å². The van der Waals surface area contributed by atoms with E-state index in [1.165, 1.54) is 4.57 Å². The summed E-state index contributed by atoms with van der Waals surface area (Å²) < 4.78 is 1.53. The molecule has 1 heterocycles. The van der Waals surface area contributed by atoms with Gasteiger partial charge in [0, 0.05) is 25.0 Å². The van der Waals surface area contributed by atoms with Gasteiger partial charge >= 0.3 is 0 Å². The summed E-state index contributed by atoms with van der Waals surface area (Å²) in [6, 6.07) is 4.85. The number of hydrogen-bond donors (Lipinski definition) is 0. The van der Waals surface area contributed by atoms with Crippen molar-refractivity contribution in [3.8, 4) is 0 Å². The molecular formula is C19H26ClN3O2. The van der Waals surface area contributed by atoms with E-state index in [0.29, 0.717) is 34.7 Å². The van der Waals surface area contributed by atoms with E-state index in [1.54, 1.807) is 25.2 Å². The Balaban J connectivity index is 2.50. The predicted molar refractivity (Wildman–Crippen MR) is 102 cm³/mol. The van der Waals surface area contributed by atoms with Crippen LogP contribution in [0.4, 0.5) is 0 Å². The van der Waals surface area contributed by atoms with Crippen LogP contribution in [0.2, 0.25) is 5.02 Å². The van der Waals surface area contributed by atoms with Crippen molar-refractivity contribution in [2.75, 3.05) is 6.54 Å². The van der Waals surface area contributed by atoms with Gasteiger partial charge in [0.1, 0.15) is 5.82 Å². The molecule has 25 heavy (non-hydrogen) atoms. The Morgan fingerprint density at radius 2 is 2.04 bits per heavy atom. The number of halogens is 1. The first-order valence-electron chi connectivity index (χ1n) is 8.86. The van der Waals surface area contributed by atoms with Gasteiger partial charge < -0.3 is 4.90 Å². The summed E-state index contributed by atoms with van der Waals surface area (Å²) in [5.41, 5.74) is 0.459. The molecule has 2 aromatic rings. The summed E-state index contributed by atoms with van der Waals surface area (Å²) in [4.78, 5) is 31.8. The van der Waals surface area contributed by atoms with E-state index >= 15 is 0 Å². The molecule has 0 saturated heterocycles. The normalized spacial score (nSPS) is 12.4. The Bertz CT molecular complexity index is 816. The van der Waals surface area contributed by atoms with E-state index in [4.69, 9.17) is 11.6 Å². The van der Waals surface area contributed by atoms with Crippen molar-refractivity contribution in [3.63, 3.8) is 0 Å². The number of fused-ring (bicyclic) bond motifs is 1. The Kier molecular flexibility index (Phi) is 6.59. The molecule has 1 aromatic carbocycles. The molecule has 0 N–H and O–H groups in total. The smallest absolute Gasteiger partial charge is 0.261 e. The molecule has 0 aliphatic carbocycles. The van der Waals surface area contributed by atoms with Gasteiger partial charge in [-0.05, 0) is 38.0 Å². The minimum absolute atomic E-state index is 0.105. The van der Waals surface area contributed by atoms with Gasteiger partial charge in [-0.15, -0.1) is 0 Å². The standard InChI is InChI=1S/C19H26ClN3O2/c1-5-7-11-23(17(24)8-6-2)13(3)18-21-16-10-9-14(20)12-15(16)19(25)22(18)4/h9-10,12-13H,5-8,11H2,1-4H3. The van der Waals surface area contributed by atoms with Gasteiger partial charge in [-0.1, -0.05) is 31.9 Å². The molecule has 1 aromatic heterocycles. The number of hydrogen-bond acceptors (Lipinski definition) is 3. The average molecular weight is 364 g/mol. The zero-order valence-electron chi connectivity index (χ0n) is 15.4. The third-order valence-corrected chi connectivity index (χ3v) is 4.69. The summed E-state index contributed by atoms with van der Waals surface area (Å²) in [7, 11) is 1.70. The number of carbonyl (C=O) groups is 1. The fourth-order valence-corrected chi connectivity index (χ4v) is 3.17. The first-order valence-corrected chi connectivity index (χ1v) is 9.24. The molecule has 0 aliphatic heterocycles. The largest absolute Gasteiger partial charge is 0.333 e. The van der Waals surface area contributed by atoms with Crippen LogP contribution in [-0.2, 0) is 11.8 Å². The molecule has 0 fully saturated rings. The molecule has 136 valence electrons. The second-order valence-corrected chi connectivity index (χ2v) is 6.80. The number of amides is 1. The summed E-state index contributed by atoms with van der Waals surface area (Å²) in [5, 5.41) is 1.00. The topological polar surface area (TPSA) is 55.2 Å². The maximum atomic E-state index is 12.7. The van der Waals surface area contributed by atoms with Crippen molar-refractivity contribution in [3.05, 3.63) is 39.4 Å². The maximum absolute atomic E-state index is 12.7. The van der Waals surface area contributed by atoms with E-state index in [0.717, 1.165) is 19.3 Å². The number of benzene rings is 1. The second kappa shape index (κ2) is 8.48. The number of unbranched alkanes of at least 4 members (excludes halogenated alkanes) is 1. The monoisotopic (exact) mass is 363 g/mol. The highest BCUT2D eigenvalue weighted by molar-refractivity contribution is 6.31. The molecule has 1 atom stereocenters. The highest BCUT2D eigenvalue weighted by Crippen LogP contribution is 2.22. The number of rotatable bonds is 7. The van der Waals surface area contributed by atoms with Gasteiger partial charge in [-0.25, -0.2) is 4.98 Å². The van der Waals surface area contributed by atoms with Gasteiger partial charge in [0.05, 0.1) is 16.9 Å². The van der Waals surface area contributed by atoms with Gasteiger partial charge in [0.15, 0.2) is 0 Å². The predicted octanol–water partition coefficient (Wildman–Crippen LogP) is 4.08. The Morgan fingerprint density at radius 3 is 2.68 bits per heavy atom. The SMILES string of the molecule is CCCCN(C(=O)CCC)C(C)c1nc2ccc(Cl)cc2c(=O)n1C. The first kappa shape index (κ1) is 19.4. The molecule has 0 bridgehead atoms. The highest BCUT2D eigenvalue weighted by atomic mass is 35.5. The molecule has 0 spiro atoms. The van der Waals surface area contributed by atoms with Crippen molar-refractivity contribution >= 4 is 28.4 Å². The van der Waals surface area contributed by atoms with Crippen LogP contribution in [0.5, 0.6) is 0 Å². The molecule has 2 rings (SSSR count). The minimum Gasteiger partial charge on any atom is -0.333 e. The van der Waals surface area contributed by atoms with Gasteiger partial charge in [0.25, 0.3) is 5.56 Å². The van der Waals surface area contributed by atoms with E-state index < -0.39 is 0 Å². The molecule has 0 saturated carbocycles. The van der Waals surface area contributed by atoms with Crippen molar-refractivity contribution in [1.82, 2.24) is 14.5 Å². The zero-order valence-corrected chi connectivity index (χ0v) is 16.1. The lowest BCUT2D eigenvalue weighted by Gasteiger charge is -2.30. The summed E-state index contributed by atoms with van der Waals surface area (Å²) in [6.07, 6.45) is 3.24. The van der Waals surface area contributed by atoms with Crippen LogP contribution in [0.15, 0.2) is 23.0 Å². The Morgan fingerprint density at radius 1 is 1.32 bits per heavy atom. The van der Waals surface area contributed by atoms with Crippen LogP contribution in [0.1, 0.15) is 58.3 Å². The van der Waals surface area contributed by atoms with Crippen molar-refractivity contribution < 1.29 is 4.79 Å². The quantitative estimate of drug-likeness (QED) is 0.744. The zero-order chi connectivity index (χ0) is 18.6. The van der Waals surface area contributed by atoms with E-state index in [-0.39, 0.29) is 17.5 Å². The number of carbonyl (C=O) groups excluding carboxylic acids is 1. The lowest BCUT2D eigenvalue weighted by molar-refractivity contribution is -0.133. The number of aromatic nitrogens is 2.